The first-order valence-corrected chi connectivity index (χ1v) is 14.0. The highest BCUT2D eigenvalue weighted by atomic mass is 79.9. The lowest BCUT2D eigenvalue weighted by atomic mass is 10.2. The summed E-state index contributed by atoms with van der Waals surface area (Å²) in [6, 6.07) is 21.1. The fourth-order valence-corrected chi connectivity index (χ4v) is 5.88. The number of para-hydroxylation sites is 2. The molecule has 36 heavy (non-hydrogen) atoms. The van der Waals surface area contributed by atoms with Gasteiger partial charge in [0.25, 0.3) is 0 Å². The zero-order valence-electron chi connectivity index (χ0n) is 19.8. The second-order valence-electron chi connectivity index (χ2n) is 8.39. The number of halogens is 2. The van der Waals surface area contributed by atoms with E-state index in [0.717, 1.165) is 21.5 Å². The van der Waals surface area contributed by atoms with E-state index in [1.807, 2.05) is 24.3 Å². The Morgan fingerprint density at radius 1 is 0.972 bits per heavy atom. The smallest absolute Gasteiger partial charge is 0.243 e. The third-order valence-corrected chi connectivity index (χ3v) is 8.68. The van der Waals surface area contributed by atoms with Crippen molar-refractivity contribution in [1.29, 1.82) is 0 Å². The van der Waals surface area contributed by atoms with Gasteiger partial charge in [0.1, 0.15) is 5.75 Å². The average Bonchev–Trinajstić information content (AvgIpc) is 2.89. The summed E-state index contributed by atoms with van der Waals surface area (Å²) in [5.74, 6) is 0.552. The van der Waals surface area contributed by atoms with Gasteiger partial charge in [-0.25, -0.2) is 8.42 Å². The number of nitrogens with zero attached hydrogens (tertiary/aromatic N) is 3. The highest BCUT2D eigenvalue weighted by Gasteiger charge is 2.30. The molecule has 0 bridgehead atoms. The Kier molecular flexibility index (Phi) is 8.56. The van der Waals surface area contributed by atoms with Crippen LogP contribution in [0.2, 0.25) is 5.02 Å². The summed E-state index contributed by atoms with van der Waals surface area (Å²) in [5, 5.41) is 0.560. The summed E-state index contributed by atoms with van der Waals surface area (Å²) < 4.78 is 34.5. The molecule has 0 saturated carbocycles. The van der Waals surface area contributed by atoms with Gasteiger partial charge in [-0.15, -0.1) is 0 Å². The summed E-state index contributed by atoms with van der Waals surface area (Å²) in [7, 11) is -2.28. The van der Waals surface area contributed by atoms with Crippen molar-refractivity contribution in [3.05, 3.63) is 87.9 Å². The highest BCUT2D eigenvalue weighted by molar-refractivity contribution is 9.10. The molecule has 0 aromatic heterocycles. The number of anilines is 1. The van der Waals surface area contributed by atoms with Gasteiger partial charge in [-0.2, -0.15) is 4.31 Å². The molecule has 1 saturated heterocycles. The molecule has 4 rings (SSSR count). The van der Waals surface area contributed by atoms with Crippen LogP contribution in [-0.2, 0) is 21.4 Å². The first kappa shape index (κ1) is 26.5. The zero-order chi connectivity index (χ0) is 25.7. The number of benzene rings is 3. The van der Waals surface area contributed by atoms with Crippen LogP contribution in [0.4, 0.5) is 5.69 Å². The van der Waals surface area contributed by atoms with Crippen molar-refractivity contribution in [1.82, 2.24) is 9.21 Å². The summed E-state index contributed by atoms with van der Waals surface area (Å²) >= 11 is 9.34. The molecule has 1 aliphatic rings. The van der Waals surface area contributed by atoms with Gasteiger partial charge in [-0.3, -0.25) is 4.79 Å². The first-order valence-electron chi connectivity index (χ1n) is 11.4. The Morgan fingerprint density at radius 3 is 2.25 bits per heavy atom. The van der Waals surface area contributed by atoms with E-state index >= 15 is 0 Å². The van der Waals surface area contributed by atoms with Crippen LogP contribution in [0.1, 0.15) is 5.56 Å². The van der Waals surface area contributed by atoms with Crippen LogP contribution in [0.3, 0.4) is 0 Å². The van der Waals surface area contributed by atoms with E-state index in [9.17, 15) is 13.2 Å². The molecule has 7 nitrogen and oxygen atoms in total. The third kappa shape index (κ3) is 6.21. The molecular formula is C26H27BrClN3O4S. The topological polar surface area (TPSA) is 70.2 Å². The highest BCUT2D eigenvalue weighted by Crippen LogP contribution is 2.28. The normalized spacial score (nSPS) is 14.2. The van der Waals surface area contributed by atoms with Gasteiger partial charge in [0.15, 0.2) is 0 Å². The number of sulfonamides is 1. The molecule has 1 amide bonds. The number of amides is 1. The molecule has 3 aromatic carbocycles. The van der Waals surface area contributed by atoms with Crippen LogP contribution >= 0.6 is 27.5 Å². The minimum Gasteiger partial charge on any atom is -0.495 e. The van der Waals surface area contributed by atoms with Crippen molar-refractivity contribution in [3.8, 4) is 5.75 Å². The monoisotopic (exact) mass is 591 g/mol. The molecule has 1 heterocycles. The number of carbonyl (C=O) groups excluding carboxylic acids is 1. The lowest BCUT2D eigenvalue weighted by Gasteiger charge is -2.37. The van der Waals surface area contributed by atoms with Gasteiger partial charge >= 0.3 is 0 Å². The van der Waals surface area contributed by atoms with Crippen LogP contribution < -0.4 is 9.64 Å². The van der Waals surface area contributed by atoms with Crippen LogP contribution in [-0.4, -0.2) is 63.4 Å². The SMILES string of the molecule is COc1ccccc1N1CCN(C(=O)CN(Cc2ccc(Cl)cc2)S(=O)(=O)c2ccc(Br)cc2)CC1. The van der Waals surface area contributed by atoms with Gasteiger partial charge in [0.2, 0.25) is 15.9 Å². The van der Waals surface area contributed by atoms with Crippen LogP contribution in [0.25, 0.3) is 0 Å². The summed E-state index contributed by atoms with van der Waals surface area (Å²) in [5.41, 5.74) is 1.73. The minimum atomic E-state index is -3.92. The van der Waals surface area contributed by atoms with Crippen molar-refractivity contribution in [2.45, 2.75) is 11.4 Å². The van der Waals surface area contributed by atoms with Crippen molar-refractivity contribution in [2.24, 2.45) is 0 Å². The molecule has 1 aliphatic heterocycles. The molecule has 3 aromatic rings. The maximum absolute atomic E-state index is 13.5. The Balaban J connectivity index is 1.50. The van der Waals surface area contributed by atoms with Crippen molar-refractivity contribution >= 4 is 49.1 Å². The van der Waals surface area contributed by atoms with E-state index < -0.39 is 10.0 Å². The van der Waals surface area contributed by atoms with Crippen LogP contribution in [0.15, 0.2) is 82.2 Å². The van der Waals surface area contributed by atoms with Crippen LogP contribution in [0.5, 0.6) is 5.75 Å². The first-order chi connectivity index (χ1) is 17.3. The Morgan fingerprint density at radius 2 is 1.61 bits per heavy atom. The van der Waals surface area contributed by atoms with Gasteiger partial charge in [-0.1, -0.05) is 51.8 Å². The molecule has 0 aliphatic carbocycles. The molecule has 0 radical (unpaired) electrons. The number of methoxy groups -OCH3 is 1. The van der Waals surface area contributed by atoms with Gasteiger partial charge < -0.3 is 14.5 Å². The van der Waals surface area contributed by atoms with E-state index in [4.69, 9.17) is 16.3 Å². The number of rotatable bonds is 8. The predicted molar refractivity (Wildman–Crippen MR) is 145 cm³/mol. The number of piperazine rings is 1. The van der Waals surface area contributed by atoms with Gasteiger partial charge in [0.05, 0.1) is 24.2 Å². The predicted octanol–water partition coefficient (Wildman–Crippen LogP) is 4.65. The van der Waals surface area contributed by atoms with Gasteiger partial charge in [-0.05, 0) is 54.1 Å². The number of hydrogen-bond donors (Lipinski definition) is 0. The van der Waals surface area contributed by atoms with E-state index in [1.54, 1.807) is 48.4 Å². The molecule has 1 fully saturated rings. The number of ether oxygens (including phenoxy) is 1. The minimum absolute atomic E-state index is 0.0580. The summed E-state index contributed by atoms with van der Waals surface area (Å²) in [6.07, 6.45) is 0. The second kappa shape index (κ2) is 11.6. The average molecular weight is 593 g/mol. The maximum Gasteiger partial charge on any atom is 0.243 e. The van der Waals surface area contributed by atoms with Crippen molar-refractivity contribution in [3.63, 3.8) is 0 Å². The quantitative estimate of drug-likeness (QED) is 0.381. The molecule has 10 heteroatoms. The second-order valence-corrected chi connectivity index (χ2v) is 11.7. The lowest BCUT2D eigenvalue weighted by molar-refractivity contribution is -0.131. The summed E-state index contributed by atoms with van der Waals surface area (Å²) in [6.45, 7) is 2.04. The van der Waals surface area contributed by atoms with Crippen LogP contribution in [0, 0.1) is 0 Å². The van der Waals surface area contributed by atoms with E-state index in [0.29, 0.717) is 31.2 Å². The lowest BCUT2D eigenvalue weighted by Crippen LogP contribution is -2.51. The summed E-state index contributed by atoms with van der Waals surface area (Å²) in [4.78, 5) is 17.3. The van der Waals surface area contributed by atoms with Gasteiger partial charge in [0, 0.05) is 42.2 Å². The molecular weight excluding hydrogens is 566 g/mol. The molecule has 190 valence electrons. The van der Waals surface area contributed by atoms with Crippen molar-refractivity contribution in [2.75, 3.05) is 44.7 Å². The van der Waals surface area contributed by atoms with E-state index in [2.05, 4.69) is 20.8 Å². The number of hydrogen-bond acceptors (Lipinski definition) is 5. The fraction of sp³-hybridized carbons (Fsp3) is 0.269. The Bertz CT molecular complexity index is 1300. The molecule has 0 N–H and O–H groups in total. The molecule has 0 atom stereocenters. The largest absolute Gasteiger partial charge is 0.495 e. The fourth-order valence-electron chi connectivity index (χ4n) is 4.11. The molecule has 0 unspecified atom stereocenters. The maximum atomic E-state index is 13.5. The Labute approximate surface area is 225 Å². The Hall–Kier alpha value is -2.59. The van der Waals surface area contributed by atoms with E-state index in [1.165, 1.54) is 16.4 Å². The number of carbonyl (C=O) groups is 1. The molecule has 0 spiro atoms. The zero-order valence-corrected chi connectivity index (χ0v) is 23.0. The van der Waals surface area contributed by atoms with E-state index in [-0.39, 0.29) is 23.9 Å². The third-order valence-electron chi connectivity index (χ3n) is 6.09. The van der Waals surface area contributed by atoms with Crippen molar-refractivity contribution < 1.29 is 17.9 Å². The standard InChI is InChI=1S/C26H27BrClN3O4S/c1-35-25-5-3-2-4-24(25)29-14-16-30(17-15-29)26(32)19-31(18-20-6-10-22(28)11-7-20)36(33,34)23-12-8-21(27)9-13-23/h2-13H,14-19H2,1H3.